The summed E-state index contributed by atoms with van der Waals surface area (Å²) in [4.78, 5) is 18.5. The Labute approximate surface area is 94.1 Å². The van der Waals surface area contributed by atoms with E-state index in [2.05, 4.69) is 36.1 Å². The summed E-state index contributed by atoms with van der Waals surface area (Å²) in [5.41, 5.74) is 0.417. The third-order valence-corrected chi connectivity index (χ3v) is 2.04. The molecule has 15 heavy (non-hydrogen) atoms. The fourth-order valence-electron chi connectivity index (χ4n) is 0.968. The Morgan fingerprint density at radius 1 is 1.47 bits per heavy atom. The van der Waals surface area contributed by atoms with E-state index in [4.69, 9.17) is 11.6 Å². The molecular formula is C10H14ClN3O. The summed E-state index contributed by atoms with van der Waals surface area (Å²) in [6, 6.07) is 0. The third-order valence-electron chi connectivity index (χ3n) is 1.74. The molecule has 0 atom stereocenters. The van der Waals surface area contributed by atoms with E-state index >= 15 is 0 Å². The van der Waals surface area contributed by atoms with Crippen molar-refractivity contribution in [1.82, 2.24) is 9.97 Å². The van der Waals surface area contributed by atoms with Crippen molar-refractivity contribution >= 4 is 23.7 Å². The molecule has 0 amide bonds. The van der Waals surface area contributed by atoms with Gasteiger partial charge in [-0.15, -0.1) is 0 Å². The van der Waals surface area contributed by atoms with Crippen LogP contribution in [0.25, 0.3) is 0 Å². The molecule has 0 fully saturated rings. The number of halogens is 1. The maximum Gasteiger partial charge on any atom is 0.156 e. The van der Waals surface area contributed by atoms with Crippen molar-refractivity contribution in [1.29, 1.82) is 0 Å². The first-order chi connectivity index (χ1) is 6.94. The molecule has 1 aromatic heterocycles. The van der Waals surface area contributed by atoms with Crippen LogP contribution in [0.4, 0.5) is 5.82 Å². The third kappa shape index (κ3) is 3.47. The Hall–Kier alpha value is -1.16. The predicted octanol–water partition coefficient (Wildman–Crippen LogP) is 2.40. The van der Waals surface area contributed by atoms with Crippen LogP contribution in [0.15, 0.2) is 6.33 Å². The topological polar surface area (TPSA) is 54.9 Å². The maximum atomic E-state index is 10.8. The summed E-state index contributed by atoms with van der Waals surface area (Å²) in [7, 11) is 0. The van der Waals surface area contributed by atoms with E-state index in [1.807, 2.05) is 0 Å². The van der Waals surface area contributed by atoms with Crippen molar-refractivity contribution in [2.24, 2.45) is 5.41 Å². The fourth-order valence-corrected chi connectivity index (χ4v) is 1.15. The number of hydrogen-bond acceptors (Lipinski definition) is 4. The molecule has 1 rings (SSSR count). The molecule has 0 unspecified atom stereocenters. The molecule has 0 aromatic carbocycles. The lowest BCUT2D eigenvalue weighted by Crippen LogP contribution is -2.20. The van der Waals surface area contributed by atoms with Gasteiger partial charge in [0.25, 0.3) is 0 Å². The van der Waals surface area contributed by atoms with Crippen LogP contribution in [-0.2, 0) is 0 Å². The molecular weight excluding hydrogens is 214 g/mol. The minimum Gasteiger partial charge on any atom is -0.369 e. The number of carbonyl (C=O) groups is 1. The molecule has 0 aliphatic heterocycles. The Kier molecular flexibility index (Phi) is 3.63. The molecule has 0 radical (unpaired) electrons. The zero-order chi connectivity index (χ0) is 11.5. The molecule has 82 valence electrons. The largest absolute Gasteiger partial charge is 0.369 e. The quantitative estimate of drug-likeness (QED) is 0.637. The number of aldehydes is 1. The maximum absolute atomic E-state index is 10.8. The van der Waals surface area contributed by atoms with Gasteiger partial charge in [0.15, 0.2) is 6.29 Å². The van der Waals surface area contributed by atoms with Gasteiger partial charge in [-0.25, -0.2) is 9.97 Å². The second-order valence-electron chi connectivity index (χ2n) is 4.46. The molecule has 0 aliphatic rings. The molecule has 1 heterocycles. The Morgan fingerprint density at radius 2 is 2.13 bits per heavy atom. The van der Waals surface area contributed by atoms with E-state index in [-0.39, 0.29) is 10.6 Å². The molecule has 0 saturated carbocycles. The van der Waals surface area contributed by atoms with Gasteiger partial charge in [0.1, 0.15) is 17.3 Å². The summed E-state index contributed by atoms with van der Waals surface area (Å²) in [6.07, 6.45) is 1.99. The van der Waals surface area contributed by atoms with Crippen LogP contribution in [0, 0.1) is 5.41 Å². The van der Waals surface area contributed by atoms with Gasteiger partial charge in [0.05, 0.1) is 5.56 Å². The summed E-state index contributed by atoms with van der Waals surface area (Å²) >= 11 is 5.76. The van der Waals surface area contributed by atoms with Crippen LogP contribution < -0.4 is 5.32 Å². The zero-order valence-corrected chi connectivity index (χ0v) is 9.80. The molecule has 1 aromatic rings. The average Bonchev–Trinajstić information content (AvgIpc) is 2.13. The summed E-state index contributed by atoms with van der Waals surface area (Å²) in [5, 5.41) is 3.26. The molecule has 5 heteroatoms. The zero-order valence-electron chi connectivity index (χ0n) is 9.04. The van der Waals surface area contributed by atoms with E-state index < -0.39 is 0 Å². The summed E-state index contributed by atoms with van der Waals surface area (Å²) in [5.74, 6) is 0.486. The van der Waals surface area contributed by atoms with Gasteiger partial charge in [-0.1, -0.05) is 32.4 Å². The van der Waals surface area contributed by atoms with Crippen molar-refractivity contribution in [3.8, 4) is 0 Å². The van der Waals surface area contributed by atoms with Crippen molar-refractivity contribution in [3.05, 3.63) is 17.0 Å². The highest BCUT2D eigenvalue weighted by molar-refractivity contribution is 6.32. The van der Waals surface area contributed by atoms with Gasteiger partial charge >= 0.3 is 0 Å². The van der Waals surface area contributed by atoms with Gasteiger partial charge in [0, 0.05) is 6.54 Å². The average molecular weight is 228 g/mol. The van der Waals surface area contributed by atoms with E-state index in [0.717, 1.165) is 0 Å². The number of carbonyl (C=O) groups excluding carboxylic acids is 1. The number of anilines is 1. The molecule has 0 spiro atoms. The van der Waals surface area contributed by atoms with Gasteiger partial charge in [-0.3, -0.25) is 4.79 Å². The lowest BCUT2D eigenvalue weighted by Gasteiger charge is -2.19. The van der Waals surface area contributed by atoms with Crippen LogP contribution in [0.1, 0.15) is 31.1 Å². The highest BCUT2D eigenvalue weighted by Crippen LogP contribution is 2.19. The van der Waals surface area contributed by atoms with Gasteiger partial charge in [-0.05, 0) is 5.41 Å². The van der Waals surface area contributed by atoms with Crippen molar-refractivity contribution in [2.75, 3.05) is 11.9 Å². The Morgan fingerprint density at radius 3 is 2.67 bits per heavy atom. The molecule has 0 bridgehead atoms. The van der Waals surface area contributed by atoms with Crippen molar-refractivity contribution < 1.29 is 4.79 Å². The minimum atomic E-state index is 0.109. The van der Waals surface area contributed by atoms with Crippen molar-refractivity contribution in [3.63, 3.8) is 0 Å². The first kappa shape index (κ1) is 11.9. The second-order valence-corrected chi connectivity index (χ2v) is 4.82. The monoisotopic (exact) mass is 227 g/mol. The Balaban J connectivity index is 2.85. The molecule has 0 saturated heterocycles. The van der Waals surface area contributed by atoms with E-state index in [1.54, 1.807) is 0 Å². The van der Waals surface area contributed by atoms with Crippen molar-refractivity contribution in [2.45, 2.75) is 20.8 Å². The molecule has 4 nitrogen and oxygen atoms in total. The fraction of sp³-hybridized carbons (Fsp3) is 0.500. The lowest BCUT2D eigenvalue weighted by molar-refractivity contribution is 0.112. The normalized spacial score (nSPS) is 11.2. The van der Waals surface area contributed by atoms with E-state index in [9.17, 15) is 4.79 Å². The van der Waals surface area contributed by atoms with Gasteiger partial charge in [0.2, 0.25) is 0 Å². The number of hydrogen-bond donors (Lipinski definition) is 1. The first-order valence-corrected chi connectivity index (χ1v) is 5.01. The summed E-state index contributed by atoms with van der Waals surface area (Å²) < 4.78 is 0. The predicted molar refractivity (Wildman–Crippen MR) is 60.4 cm³/mol. The standard InChI is InChI=1S/C10H14ClN3O/c1-10(2,3)5-12-9-7(4-15)8(11)13-6-14-9/h4,6H,5H2,1-3H3,(H,12,13,14). The number of nitrogens with zero attached hydrogens (tertiary/aromatic N) is 2. The van der Waals surface area contributed by atoms with Gasteiger partial charge < -0.3 is 5.32 Å². The Bertz CT molecular complexity index is 360. The molecule has 0 aliphatic carbocycles. The van der Waals surface area contributed by atoms with E-state index in [1.165, 1.54) is 6.33 Å². The molecule has 1 N–H and O–H groups in total. The highest BCUT2D eigenvalue weighted by atomic mass is 35.5. The number of aromatic nitrogens is 2. The van der Waals surface area contributed by atoms with Crippen LogP contribution in [0.5, 0.6) is 0 Å². The van der Waals surface area contributed by atoms with Crippen LogP contribution >= 0.6 is 11.6 Å². The minimum absolute atomic E-state index is 0.109. The number of nitrogens with one attached hydrogen (secondary N) is 1. The second kappa shape index (κ2) is 4.57. The van der Waals surface area contributed by atoms with Crippen LogP contribution in [0.3, 0.4) is 0 Å². The first-order valence-electron chi connectivity index (χ1n) is 4.63. The lowest BCUT2D eigenvalue weighted by atomic mass is 9.97. The number of rotatable bonds is 3. The SMILES string of the molecule is CC(C)(C)CNc1ncnc(Cl)c1C=O. The van der Waals surface area contributed by atoms with Gasteiger partial charge in [-0.2, -0.15) is 0 Å². The summed E-state index contributed by atoms with van der Waals surface area (Å²) in [6.45, 7) is 6.97. The smallest absolute Gasteiger partial charge is 0.156 e. The van der Waals surface area contributed by atoms with Crippen LogP contribution in [0.2, 0.25) is 5.15 Å². The van der Waals surface area contributed by atoms with Crippen LogP contribution in [-0.4, -0.2) is 22.8 Å². The highest BCUT2D eigenvalue weighted by Gasteiger charge is 2.13. The van der Waals surface area contributed by atoms with E-state index in [0.29, 0.717) is 24.2 Å².